The summed E-state index contributed by atoms with van der Waals surface area (Å²) >= 11 is 0. The molecule has 6 nitrogen and oxygen atoms in total. The molecule has 0 saturated carbocycles. The van der Waals surface area contributed by atoms with Crippen molar-refractivity contribution < 1.29 is 18.7 Å². The summed E-state index contributed by atoms with van der Waals surface area (Å²) in [6.45, 7) is 5.75. The molecule has 1 N–H and O–H groups in total. The van der Waals surface area contributed by atoms with Crippen molar-refractivity contribution in [2.45, 2.75) is 32.2 Å². The van der Waals surface area contributed by atoms with Crippen molar-refractivity contribution in [3.8, 4) is 5.75 Å². The molecule has 144 valence electrons. The molecule has 1 aromatic carbocycles. The van der Waals surface area contributed by atoms with Crippen LogP contribution in [0.3, 0.4) is 0 Å². The second kappa shape index (κ2) is 8.15. The van der Waals surface area contributed by atoms with Crippen LogP contribution < -0.4 is 10.1 Å². The summed E-state index contributed by atoms with van der Waals surface area (Å²) in [5.41, 5.74) is 2.04. The van der Waals surface area contributed by atoms with E-state index in [9.17, 15) is 4.79 Å². The first-order valence-corrected chi connectivity index (χ1v) is 9.69. The molecule has 0 spiro atoms. The van der Waals surface area contributed by atoms with Crippen LogP contribution in [0.1, 0.15) is 36.5 Å². The first-order valence-electron chi connectivity index (χ1n) is 9.69. The summed E-state index contributed by atoms with van der Waals surface area (Å²) in [4.78, 5) is 13.8. The first-order chi connectivity index (χ1) is 13.2. The van der Waals surface area contributed by atoms with E-state index in [2.05, 4.69) is 23.2 Å². The van der Waals surface area contributed by atoms with E-state index in [0.29, 0.717) is 19.6 Å². The summed E-state index contributed by atoms with van der Waals surface area (Å²) in [5, 5.41) is 2.90. The molecule has 3 heterocycles. The van der Waals surface area contributed by atoms with Crippen molar-refractivity contribution in [3.63, 3.8) is 0 Å². The predicted octanol–water partition coefficient (Wildman–Crippen LogP) is 3.18. The van der Waals surface area contributed by atoms with E-state index in [0.717, 1.165) is 61.1 Å². The monoisotopic (exact) mass is 370 g/mol. The van der Waals surface area contributed by atoms with Gasteiger partial charge in [-0.25, -0.2) is 0 Å². The largest absolute Gasteiger partial charge is 0.492 e. The van der Waals surface area contributed by atoms with Crippen molar-refractivity contribution in [1.82, 2.24) is 4.90 Å². The summed E-state index contributed by atoms with van der Waals surface area (Å²) in [5.74, 6) is 2.91. The molecule has 0 radical (unpaired) electrons. The first kappa shape index (κ1) is 18.1. The summed E-state index contributed by atoms with van der Waals surface area (Å²) in [6.07, 6.45) is 2.20. The SMILES string of the molecule is CCc1ccc([C@H]2COCCN2CCOc2ccc3c(c2)CCC(=O)N3)o1. The Kier molecular flexibility index (Phi) is 5.45. The van der Waals surface area contributed by atoms with E-state index >= 15 is 0 Å². The highest BCUT2D eigenvalue weighted by atomic mass is 16.5. The Labute approximate surface area is 159 Å². The van der Waals surface area contributed by atoms with Crippen molar-refractivity contribution in [2.75, 3.05) is 38.2 Å². The third-order valence-corrected chi connectivity index (χ3v) is 5.22. The number of ether oxygens (including phenoxy) is 2. The van der Waals surface area contributed by atoms with Crippen LogP contribution in [0.15, 0.2) is 34.7 Å². The van der Waals surface area contributed by atoms with Crippen LogP contribution in [0.4, 0.5) is 5.69 Å². The van der Waals surface area contributed by atoms with Crippen LogP contribution in [-0.2, 0) is 22.4 Å². The molecular weight excluding hydrogens is 344 g/mol. The molecule has 27 heavy (non-hydrogen) atoms. The standard InChI is InChI=1S/C21H26N2O4/c1-2-16-5-7-20(27-16)19-14-25-11-9-23(19)10-12-26-17-4-6-18-15(13-17)3-8-21(24)22-18/h4-7,13,19H,2-3,8-12,14H2,1H3,(H,22,24)/t19-/m1/s1. The minimum absolute atomic E-state index is 0.0821. The Bertz CT molecular complexity index is 801. The van der Waals surface area contributed by atoms with Gasteiger partial charge in [-0.05, 0) is 42.3 Å². The molecule has 1 atom stereocenters. The lowest BCUT2D eigenvalue weighted by Gasteiger charge is -2.34. The van der Waals surface area contributed by atoms with Gasteiger partial charge in [-0.2, -0.15) is 0 Å². The number of nitrogens with zero attached hydrogens (tertiary/aromatic N) is 1. The topological polar surface area (TPSA) is 63.9 Å². The molecule has 4 rings (SSSR count). The zero-order valence-corrected chi connectivity index (χ0v) is 15.7. The maximum absolute atomic E-state index is 11.5. The predicted molar refractivity (Wildman–Crippen MR) is 102 cm³/mol. The van der Waals surface area contributed by atoms with E-state index in [1.807, 2.05) is 24.3 Å². The molecular formula is C21H26N2O4. The van der Waals surface area contributed by atoms with Gasteiger partial charge in [-0.1, -0.05) is 6.92 Å². The third kappa shape index (κ3) is 4.17. The molecule has 1 aromatic heterocycles. The van der Waals surface area contributed by atoms with Gasteiger partial charge < -0.3 is 19.2 Å². The molecule has 0 unspecified atom stereocenters. The number of carbonyl (C=O) groups is 1. The highest BCUT2D eigenvalue weighted by Gasteiger charge is 2.27. The van der Waals surface area contributed by atoms with Crippen LogP contribution in [-0.4, -0.2) is 43.7 Å². The van der Waals surface area contributed by atoms with Gasteiger partial charge in [0.05, 0.1) is 19.3 Å². The lowest BCUT2D eigenvalue weighted by atomic mass is 10.0. The van der Waals surface area contributed by atoms with E-state index < -0.39 is 0 Å². The maximum Gasteiger partial charge on any atom is 0.224 e. The molecule has 1 saturated heterocycles. The molecule has 2 aliphatic rings. The number of amides is 1. The van der Waals surface area contributed by atoms with Crippen molar-refractivity contribution in [3.05, 3.63) is 47.4 Å². The molecule has 6 heteroatoms. The minimum atomic E-state index is 0.0821. The van der Waals surface area contributed by atoms with Gasteiger partial charge in [0.2, 0.25) is 5.91 Å². The number of carbonyl (C=O) groups excluding carboxylic acids is 1. The van der Waals surface area contributed by atoms with Gasteiger partial charge >= 0.3 is 0 Å². The smallest absolute Gasteiger partial charge is 0.224 e. The average Bonchev–Trinajstić information content (AvgIpc) is 3.17. The number of fused-ring (bicyclic) bond motifs is 1. The van der Waals surface area contributed by atoms with E-state index in [1.54, 1.807) is 0 Å². The lowest BCUT2D eigenvalue weighted by molar-refractivity contribution is -0.116. The molecule has 2 aliphatic heterocycles. The van der Waals surface area contributed by atoms with Crippen molar-refractivity contribution in [2.24, 2.45) is 0 Å². The van der Waals surface area contributed by atoms with Crippen LogP contribution in [0.5, 0.6) is 5.75 Å². The van der Waals surface area contributed by atoms with Crippen LogP contribution >= 0.6 is 0 Å². The van der Waals surface area contributed by atoms with Gasteiger partial charge in [0.15, 0.2) is 0 Å². The van der Waals surface area contributed by atoms with Crippen LogP contribution in [0.2, 0.25) is 0 Å². The molecule has 1 fully saturated rings. The third-order valence-electron chi connectivity index (χ3n) is 5.22. The molecule has 1 amide bonds. The summed E-state index contributed by atoms with van der Waals surface area (Å²) < 4.78 is 17.6. The highest BCUT2D eigenvalue weighted by molar-refractivity contribution is 5.93. The van der Waals surface area contributed by atoms with E-state index in [4.69, 9.17) is 13.9 Å². The number of aryl methyl sites for hydroxylation is 2. The number of anilines is 1. The van der Waals surface area contributed by atoms with Gasteiger partial charge in [0, 0.05) is 31.6 Å². The number of morpholine rings is 1. The zero-order valence-electron chi connectivity index (χ0n) is 15.7. The number of hydrogen-bond acceptors (Lipinski definition) is 5. The number of rotatable bonds is 6. The fraction of sp³-hybridized carbons (Fsp3) is 0.476. The fourth-order valence-electron chi connectivity index (χ4n) is 3.66. The van der Waals surface area contributed by atoms with Gasteiger partial charge in [-0.3, -0.25) is 9.69 Å². The van der Waals surface area contributed by atoms with Gasteiger partial charge in [0.25, 0.3) is 0 Å². The quantitative estimate of drug-likeness (QED) is 0.846. The van der Waals surface area contributed by atoms with Gasteiger partial charge in [0.1, 0.15) is 23.9 Å². The molecule has 0 aliphatic carbocycles. The zero-order chi connectivity index (χ0) is 18.6. The number of nitrogens with one attached hydrogen (secondary N) is 1. The second-order valence-electron chi connectivity index (χ2n) is 7.00. The maximum atomic E-state index is 11.5. The fourth-order valence-corrected chi connectivity index (χ4v) is 3.66. The van der Waals surface area contributed by atoms with Crippen LogP contribution in [0, 0.1) is 0 Å². The Morgan fingerprint density at radius 2 is 2.19 bits per heavy atom. The number of benzene rings is 1. The highest BCUT2D eigenvalue weighted by Crippen LogP contribution is 2.28. The minimum Gasteiger partial charge on any atom is -0.492 e. The van der Waals surface area contributed by atoms with Gasteiger partial charge in [-0.15, -0.1) is 0 Å². The van der Waals surface area contributed by atoms with Crippen LogP contribution in [0.25, 0.3) is 0 Å². The molecule has 2 aromatic rings. The Balaban J connectivity index is 1.35. The Hall–Kier alpha value is -2.31. The lowest BCUT2D eigenvalue weighted by Crippen LogP contribution is -2.41. The van der Waals surface area contributed by atoms with Crippen molar-refractivity contribution in [1.29, 1.82) is 0 Å². The Morgan fingerprint density at radius 3 is 3.04 bits per heavy atom. The number of furan rings is 1. The Morgan fingerprint density at radius 1 is 1.26 bits per heavy atom. The average molecular weight is 370 g/mol. The number of hydrogen-bond donors (Lipinski definition) is 1. The van der Waals surface area contributed by atoms with Crippen molar-refractivity contribution >= 4 is 11.6 Å². The summed E-state index contributed by atoms with van der Waals surface area (Å²) in [6, 6.07) is 10.1. The second-order valence-corrected chi connectivity index (χ2v) is 7.00. The van der Waals surface area contributed by atoms with E-state index in [1.165, 1.54) is 0 Å². The molecule has 0 bridgehead atoms. The van der Waals surface area contributed by atoms with E-state index in [-0.39, 0.29) is 11.9 Å². The summed E-state index contributed by atoms with van der Waals surface area (Å²) in [7, 11) is 0. The normalized spacial score (nSPS) is 20.2.